The van der Waals surface area contributed by atoms with Crippen molar-refractivity contribution in [3.63, 3.8) is 0 Å². The number of carbonyl (C=O) groups excluding carboxylic acids is 1. The minimum absolute atomic E-state index is 0.145. The maximum atomic E-state index is 12.5. The molecule has 1 N–H and O–H groups in total. The van der Waals surface area contributed by atoms with Crippen molar-refractivity contribution in [3.8, 4) is 5.75 Å². The second-order valence-corrected chi connectivity index (χ2v) is 7.56. The van der Waals surface area contributed by atoms with Crippen molar-refractivity contribution < 1.29 is 9.53 Å². The number of hydrogen-bond donors (Lipinski definition) is 1. The lowest BCUT2D eigenvalue weighted by atomic mass is 10.1. The molecule has 5 heteroatoms. The molecule has 3 rings (SSSR count). The Balaban J connectivity index is 1.37. The highest BCUT2D eigenvalue weighted by molar-refractivity contribution is 5.74. The molecule has 0 aromatic heterocycles. The van der Waals surface area contributed by atoms with Crippen molar-refractivity contribution in [1.82, 2.24) is 15.1 Å². The molecule has 0 unspecified atom stereocenters. The monoisotopic (exact) mass is 359 g/mol. The van der Waals surface area contributed by atoms with Crippen molar-refractivity contribution in [2.45, 2.75) is 51.0 Å². The Bertz CT molecular complexity index is 545. The summed E-state index contributed by atoms with van der Waals surface area (Å²) in [7, 11) is 1.69. The van der Waals surface area contributed by atoms with E-state index in [0.29, 0.717) is 6.04 Å². The summed E-state index contributed by atoms with van der Waals surface area (Å²) >= 11 is 0. The fraction of sp³-hybridized carbons (Fsp3) is 0.667. The molecule has 1 aromatic carbocycles. The molecule has 1 heterocycles. The molecule has 1 saturated heterocycles. The van der Waals surface area contributed by atoms with Crippen LogP contribution in [0.4, 0.5) is 4.79 Å². The Morgan fingerprint density at radius 2 is 1.69 bits per heavy atom. The number of urea groups is 1. The first-order valence-corrected chi connectivity index (χ1v) is 10.2. The fourth-order valence-electron chi connectivity index (χ4n) is 3.94. The Morgan fingerprint density at radius 3 is 2.31 bits per heavy atom. The van der Waals surface area contributed by atoms with Crippen LogP contribution in [-0.2, 0) is 6.42 Å². The summed E-state index contributed by atoms with van der Waals surface area (Å²) in [6.45, 7) is 4.65. The number of benzene rings is 1. The van der Waals surface area contributed by atoms with E-state index >= 15 is 0 Å². The number of amides is 2. The highest BCUT2D eigenvalue weighted by Gasteiger charge is 2.23. The summed E-state index contributed by atoms with van der Waals surface area (Å²) in [5, 5.41) is 3.27. The van der Waals surface area contributed by atoms with Gasteiger partial charge in [-0.3, -0.25) is 4.90 Å². The van der Waals surface area contributed by atoms with Gasteiger partial charge in [0.15, 0.2) is 0 Å². The van der Waals surface area contributed by atoms with Crippen LogP contribution >= 0.6 is 0 Å². The number of hydrogen-bond acceptors (Lipinski definition) is 3. The van der Waals surface area contributed by atoms with Crippen LogP contribution in [0.15, 0.2) is 24.3 Å². The predicted molar refractivity (Wildman–Crippen MR) is 105 cm³/mol. The Hall–Kier alpha value is -1.75. The van der Waals surface area contributed by atoms with Crippen LogP contribution in [0, 0.1) is 0 Å². The molecule has 1 aromatic rings. The van der Waals surface area contributed by atoms with Gasteiger partial charge in [0.1, 0.15) is 5.75 Å². The first-order valence-electron chi connectivity index (χ1n) is 10.2. The lowest BCUT2D eigenvalue weighted by molar-refractivity contribution is 0.137. The van der Waals surface area contributed by atoms with Gasteiger partial charge in [0.05, 0.1) is 7.11 Å². The molecule has 0 radical (unpaired) electrons. The molecule has 1 saturated carbocycles. The molecular formula is C21H33N3O2. The topological polar surface area (TPSA) is 44.8 Å². The van der Waals surface area contributed by atoms with Crippen LogP contribution in [0.2, 0.25) is 0 Å². The van der Waals surface area contributed by atoms with E-state index in [9.17, 15) is 4.79 Å². The quantitative estimate of drug-likeness (QED) is 0.821. The highest BCUT2D eigenvalue weighted by atomic mass is 16.5. The van der Waals surface area contributed by atoms with E-state index in [1.165, 1.54) is 31.2 Å². The van der Waals surface area contributed by atoms with E-state index in [1.54, 1.807) is 7.11 Å². The van der Waals surface area contributed by atoms with Gasteiger partial charge in [-0.25, -0.2) is 4.79 Å². The van der Waals surface area contributed by atoms with E-state index in [1.807, 2.05) is 17.0 Å². The normalized spacial score (nSPS) is 19.8. The van der Waals surface area contributed by atoms with Crippen LogP contribution in [0.5, 0.6) is 5.75 Å². The molecule has 1 aliphatic carbocycles. The van der Waals surface area contributed by atoms with E-state index in [2.05, 4.69) is 22.3 Å². The molecule has 2 amide bonds. The molecule has 2 aliphatic rings. The zero-order valence-corrected chi connectivity index (χ0v) is 16.1. The van der Waals surface area contributed by atoms with Crippen LogP contribution < -0.4 is 10.1 Å². The van der Waals surface area contributed by atoms with Gasteiger partial charge in [0.25, 0.3) is 0 Å². The van der Waals surface area contributed by atoms with Gasteiger partial charge in [0.2, 0.25) is 0 Å². The zero-order chi connectivity index (χ0) is 18.2. The van der Waals surface area contributed by atoms with Crippen LogP contribution in [0.3, 0.4) is 0 Å². The summed E-state index contributed by atoms with van der Waals surface area (Å²) in [6.07, 6.45) is 8.48. The molecule has 5 nitrogen and oxygen atoms in total. The Morgan fingerprint density at radius 1 is 1.04 bits per heavy atom. The van der Waals surface area contributed by atoms with Gasteiger partial charge in [-0.1, -0.05) is 37.8 Å². The second kappa shape index (κ2) is 9.81. The van der Waals surface area contributed by atoms with Gasteiger partial charge in [-0.15, -0.1) is 0 Å². The number of piperazine rings is 1. The number of ether oxygens (including phenoxy) is 1. The summed E-state index contributed by atoms with van der Waals surface area (Å²) < 4.78 is 5.21. The SMILES string of the molecule is COc1ccc(CCN2CCN(C(=O)NC3CCCCCC3)CC2)cc1. The Labute approximate surface area is 157 Å². The summed E-state index contributed by atoms with van der Waals surface area (Å²) in [5.74, 6) is 0.905. The lowest BCUT2D eigenvalue weighted by Gasteiger charge is -2.35. The summed E-state index contributed by atoms with van der Waals surface area (Å²) in [5.41, 5.74) is 1.33. The maximum absolute atomic E-state index is 12.5. The molecule has 2 fully saturated rings. The third-order valence-electron chi connectivity index (χ3n) is 5.72. The van der Waals surface area contributed by atoms with E-state index in [0.717, 1.165) is 57.7 Å². The van der Waals surface area contributed by atoms with Crippen molar-refractivity contribution in [2.24, 2.45) is 0 Å². The largest absolute Gasteiger partial charge is 0.497 e. The van der Waals surface area contributed by atoms with Gasteiger partial charge in [-0.2, -0.15) is 0 Å². The number of nitrogens with one attached hydrogen (secondary N) is 1. The highest BCUT2D eigenvalue weighted by Crippen LogP contribution is 2.18. The van der Waals surface area contributed by atoms with Gasteiger partial charge in [-0.05, 0) is 37.0 Å². The average molecular weight is 360 g/mol. The van der Waals surface area contributed by atoms with Gasteiger partial charge >= 0.3 is 6.03 Å². The number of nitrogens with zero attached hydrogens (tertiary/aromatic N) is 2. The van der Waals surface area contributed by atoms with Gasteiger partial charge in [0, 0.05) is 38.8 Å². The smallest absolute Gasteiger partial charge is 0.317 e. The van der Waals surface area contributed by atoms with E-state index in [-0.39, 0.29) is 6.03 Å². The Kier molecular flexibility index (Phi) is 7.18. The van der Waals surface area contributed by atoms with Crippen molar-refractivity contribution in [2.75, 3.05) is 39.8 Å². The predicted octanol–water partition coefficient (Wildman–Crippen LogP) is 3.29. The minimum Gasteiger partial charge on any atom is -0.497 e. The molecule has 26 heavy (non-hydrogen) atoms. The average Bonchev–Trinajstić information content (AvgIpc) is 2.96. The van der Waals surface area contributed by atoms with E-state index < -0.39 is 0 Å². The van der Waals surface area contributed by atoms with Crippen LogP contribution in [0.1, 0.15) is 44.1 Å². The van der Waals surface area contributed by atoms with Crippen molar-refractivity contribution in [3.05, 3.63) is 29.8 Å². The van der Waals surface area contributed by atoms with Crippen LogP contribution in [0.25, 0.3) is 0 Å². The van der Waals surface area contributed by atoms with Gasteiger partial charge < -0.3 is 15.0 Å². The third kappa shape index (κ3) is 5.63. The molecule has 0 atom stereocenters. The molecule has 144 valence electrons. The lowest BCUT2D eigenvalue weighted by Crippen LogP contribution is -2.53. The standard InChI is InChI=1S/C21H33N3O2/c1-26-20-10-8-18(9-11-20)12-13-23-14-16-24(17-15-23)21(25)22-19-6-4-2-3-5-7-19/h8-11,19H,2-7,12-17H2,1H3,(H,22,25). The summed E-state index contributed by atoms with van der Waals surface area (Å²) in [6, 6.07) is 8.84. The zero-order valence-electron chi connectivity index (χ0n) is 16.1. The maximum Gasteiger partial charge on any atom is 0.317 e. The van der Waals surface area contributed by atoms with E-state index in [4.69, 9.17) is 4.74 Å². The first kappa shape index (κ1) is 19.0. The number of rotatable bonds is 5. The van der Waals surface area contributed by atoms with Crippen molar-refractivity contribution in [1.29, 1.82) is 0 Å². The fourth-order valence-corrected chi connectivity index (χ4v) is 3.94. The molecule has 0 bridgehead atoms. The molecular weight excluding hydrogens is 326 g/mol. The number of carbonyl (C=O) groups is 1. The summed E-state index contributed by atoms with van der Waals surface area (Å²) in [4.78, 5) is 17.0. The van der Waals surface area contributed by atoms with Crippen molar-refractivity contribution >= 4 is 6.03 Å². The molecule has 1 aliphatic heterocycles. The first-order chi connectivity index (χ1) is 12.7. The van der Waals surface area contributed by atoms with Crippen LogP contribution in [-0.4, -0.2) is 61.7 Å². The second-order valence-electron chi connectivity index (χ2n) is 7.56. The molecule has 0 spiro atoms. The third-order valence-corrected chi connectivity index (χ3v) is 5.72. The number of methoxy groups -OCH3 is 1. The minimum atomic E-state index is 0.145.